The van der Waals surface area contributed by atoms with Crippen LogP contribution in [0.15, 0.2) is 59.6 Å². The number of halogens is 2. The van der Waals surface area contributed by atoms with Gasteiger partial charge in [0.1, 0.15) is 12.4 Å². The van der Waals surface area contributed by atoms with Crippen molar-refractivity contribution in [2.24, 2.45) is 0 Å². The number of pyridine rings is 1. The fourth-order valence-electron chi connectivity index (χ4n) is 2.95. The van der Waals surface area contributed by atoms with Crippen LogP contribution in [-0.4, -0.2) is 16.1 Å². The van der Waals surface area contributed by atoms with Crippen LogP contribution in [0.4, 0.5) is 0 Å². The molecule has 0 fully saturated rings. The number of fused-ring (bicyclic) bond motifs is 1. The highest BCUT2D eigenvalue weighted by Crippen LogP contribution is 2.34. The molecule has 0 aliphatic rings. The van der Waals surface area contributed by atoms with Crippen molar-refractivity contribution >= 4 is 51.3 Å². The van der Waals surface area contributed by atoms with E-state index < -0.39 is 5.97 Å². The number of carbonyl (C=O) groups is 1. The van der Waals surface area contributed by atoms with E-state index in [4.69, 9.17) is 27.9 Å². The molecule has 2 heterocycles. The van der Waals surface area contributed by atoms with E-state index in [2.05, 4.69) is 4.98 Å². The first kappa shape index (κ1) is 18.7. The standard InChI is InChI=1S/C21H13Cl2NO3S/c22-19-8-24-9-20(23)18(19)10-27-15-1-2-16-13(6-15)5-14(21(25)26)7-17(16)12-3-4-28-11-12/h1-9,11H,10H2,(H,25,26). The summed E-state index contributed by atoms with van der Waals surface area (Å²) < 4.78 is 5.85. The van der Waals surface area contributed by atoms with E-state index >= 15 is 0 Å². The summed E-state index contributed by atoms with van der Waals surface area (Å²) in [6, 6.07) is 10.9. The number of benzene rings is 2. The number of carboxylic acid groups (broad SMARTS) is 1. The first-order valence-electron chi connectivity index (χ1n) is 8.27. The highest BCUT2D eigenvalue weighted by Gasteiger charge is 2.13. The second-order valence-corrected chi connectivity index (χ2v) is 7.69. The zero-order valence-corrected chi connectivity index (χ0v) is 16.7. The van der Waals surface area contributed by atoms with Crippen LogP contribution in [0.1, 0.15) is 15.9 Å². The third-order valence-electron chi connectivity index (χ3n) is 4.34. The van der Waals surface area contributed by atoms with Gasteiger partial charge in [-0.1, -0.05) is 29.3 Å². The molecule has 4 rings (SSSR count). The Morgan fingerprint density at radius 3 is 2.57 bits per heavy atom. The van der Waals surface area contributed by atoms with E-state index in [-0.39, 0.29) is 12.2 Å². The number of ether oxygens (including phenoxy) is 1. The van der Waals surface area contributed by atoms with Crippen LogP contribution in [0, 0.1) is 0 Å². The number of hydrogen-bond acceptors (Lipinski definition) is 4. The largest absolute Gasteiger partial charge is 0.489 e. The lowest BCUT2D eigenvalue weighted by Crippen LogP contribution is -1.99. The highest BCUT2D eigenvalue weighted by atomic mass is 35.5. The summed E-state index contributed by atoms with van der Waals surface area (Å²) in [5.41, 5.74) is 2.74. The van der Waals surface area contributed by atoms with Gasteiger partial charge in [0.05, 0.1) is 15.6 Å². The Balaban J connectivity index is 1.73. The number of rotatable bonds is 5. The van der Waals surface area contributed by atoms with Gasteiger partial charge >= 0.3 is 5.97 Å². The second-order valence-electron chi connectivity index (χ2n) is 6.09. The first-order valence-corrected chi connectivity index (χ1v) is 9.97. The van der Waals surface area contributed by atoms with Crippen molar-refractivity contribution < 1.29 is 14.6 Å². The van der Waals surface area contributed by atoms with Crippen molar-refractivity contribution in [3.05, 3.63) is 80.7 Å². The smallest absolute Gasteiger partial charge is 0.335 e. The Bertz CT molecular complexity index is 1160. The lowest BCUT2D eigenvalue weighted by molar-refractivity contribution is 0.0697. The minimum atomic E-state index is -0.972. The predicted octanol–water partition coefficient (Wildman–Crippen LogP) is 6.55. The molecule has 4 aromatic rings. The number of aromatic carboxylic acids is 1. The Morgan fingerprint density at radius 1 is 1.11 bits per heavy atom. The molecule has 0 aliphatic heterocycles. The van der Waals surface area contributed by atoms with E-state index in [9.17, 15) is 9.90 Å². The van der Waals surface area contributed by atoms with Crippen LogP contribution in [0.3, 0.4) is 0 Å². The fraction of sp³-hybridized carbons (Fsp3) is 0.0476. The van der Waals surface area contributed by atoms with Crippen molar-refractivity contribution in [2.75, 3.05) is 0 Å². The number of aromatic nitrogens is 1. The maximum absolute atomic E-state index is 11.6. The van der Waals surface area contributed by atoms with Crippen molar-refractivity contribution in [1.82, 2.24) is 4.98 Å². The van der Waals surface area contributed by atoms with Crippen LogP contribution < -0.4 is 4.74 Å². The number of hydrogen-bond donors (Lipinski definition) is 1. The minimum Gasteiger partial charge on any atom is -0.489 e. The van der Waals surface area contributed by atoms with E-state index in [1.807, 2.05) is 35.0 Å². The third kappa shape index (κ3) is 3.69. The molecular weight excluding hydrogens is 417 g/mol. The van der Waals surface area contributed by atoms with Crippen LogP contribution in [0.5, 0.6) is 5.75 Å². The monoisotopic (exact) mass is 429 g/mol. The zero-order chi connectivity index (χ0) is 19.7. The molecule has 0 saturated carbocycles. The molecular formula is C21H13Cl2NO3S. The molecule has 0 spiro atoms. The average molecular weight is 430 g/mol. The van der Waals surface area contributed by atoms with Crippen LogP contribution in [-0.2, 0) is 6.61 Å². The van der Waals surface area contributed by atoms with E-state index in [1.165, 1.54) is 12.4 Å². The maximum atomic E-state index is 11.6. The summed E-state index contributed by atoms with van der Waals surface area (Å²) in [5.74, 6) is -0.379. The molecule has 1 N–H and O–H groups in total. The van der Waals surface area contributed by atoms with E-state index in [0.29, 0.717) is 21.4 Å². The van der Waals surface area contributed by atoms with Gasteiger partial charge in [0.25, 0.3) is 0 Å². The Kier molecular flexibility index (Phi) is 5.22. The van der Waals surface area contributed by atoms with Gasteiger partial charge in [-0.05, 0) is 63.0 Å². The molecule has 0 unspecified atom stereocenters. The van der Waals surface area contributed by atoms with Gasteiger partial charge in [0, 0.05) is 18.0 Å². The summed E-state index contributed by atoms with van der Waals surface area (Å²) in [6.45, 7) is 0.182. The predicted molar refractivity (Wildman–Crippen MR) is 113 cm³/mol. The van der Waals surface area contributed by atoms with Gasteiger partial charge in [-0.3, -0.25) is 4.98 Å². The summed E-state index contributed by atoms with van der Waals surface area (Å²) in [4.78, 5) is 15.5. The Hall–Kier alpha value is -2.60. The lowest BCUT2D eigenvalue weighted by atomic mass is 9.97. The Morgan fingerprint density at radius 2 is 1.89 bits per heavy atom. The van der Waals surface area contributed by atoms with E-state index in [1.54, 1.807) is 23.5 Å². The second kappa shape index (κ2) is 7.80. The van der Waals surface area contributed by atoms with Crippen LogP contribution in [0.25, 0.3) is 21.9 Å². The summed E-state index contributed by atoms with van der Waals surface area (Å²) in [7, 11) is 0. The maximum Gasteiger partial charge on any atom is 0.335 e. The molecule has 140 valence electrons. The molecule has 0 atom stereocenters. The van der Waals surface area contributed by atoms with Gasteiger partial charge in [-0.15, -0.1) is 0 Å². The Labute approximate surface area is 174 Å². The fourth-order valence-corrected chi connectivity index (χ4v) is 4.08. The SMILES string of the molecule is O=C(O)c1cc(-c2ccsc2)c2ccc(OCc3c(Cl)cncc3Cl)cc2c1. The van der Waals surface area contributed by atoms with Gasteiger partial charge in [-0.2, -0.15) is 11.3 Å². The molecule has 7 heteroatoms. The molecule has 0 bridgehead atoms. The van der Waals surface area contributed by atoms with Crippen molar-refractivity contribution in [2.45, 2.75) is 6.61 Å². The van der Waals surface area contributed by atoms with Crippen molar-refractivity contribution in [3.8, 4) is 16.9 Å². The molecule has 4 nitrogen and oxygen atoms in total. The first-order chi connectivity index (χ1) is 13.5. The quantitative estimate of drug-likeness (QED) is 0.390. The molecule has 2 aromatic carbocycles. The summed E-state index contributed by atoms with van der Waals surface area (Å²) >= 11 is 13.8. The molecule has 0 amide bonds. The zero-order valence-electron chi connectivity index (χ0n) is 14.4. The van der Waals surface area contributed by atoms with Gasteiger partial charge in [0.15, 0.2) is 0 Å². The summed E-state index contributed by atoms with van der Waals surface area (Å²) in [6.07, 6.45) is 3.03. The number of nitrogens with zero attached hydrogens (tertiary/aromatic N) is 1. The topological polar surface area (TPSA) is 59.4 Å². The normalized spacial score (nSPS) is 10.9. The summed E-state index contributed by atoms with van der Waals surface area (Å²) in [5, 5.41) is 16.1. The van der Waals surface area contributed by atoms with Gasteiger partial charge in [0.2, 0.25) is 0 Å². The molecule has 0 saturated heterocycles. The van der Waals surface area contributed by atoms with E-state index in [0.717, 1.165) is 21.9 Å². The molecule has 28 heavy (non-hydrogen) atoms. The third-order valence-corrected chi connectivity index (χ3v) is 5.67. The molecule has 2 aromatic heterocycles. The average Bonchev–Trinajstić information content (AvgIpc) is 3.21. The van der Waals surface area contributed by atoms with Crippen LogP contribution >= 0.6 is 34.5 Å². The molecule has 0 radical (unpaired) electrons. The van der Waals surface area contributed by atoms with Gasteiger partial charge < -0.3 is 9.84 Å². The van der Waals surface area contributed by atoms with Crippen molar-refractivity contribution in [1.29, 1.82) is 0 Å². The van der Waals surface area contributed by atoms with Crippen LogP contribution in [0.2, 0.25) is 10.0 Å². The van der Waals surface area contributed by atoms with Crippen molar-refractivity contribution in [3.63, 3.8) is 0 Å². The number of thiophene rings is 1. The van der Waals surface area contributed by atoms with Gasteiger partial charge in [-0.25, -0.2) is 4.79 Å². The lowest BCUT2D eigenvalue weighted by Gasteiger charge is -2.12. The minimum absolute atomic E-state index is 0.182. The number of carboxylic acids is 1. The molecule has 0 aliphatic carbocycles. The highest BCUT2D eigenvalue weighted by molar-refractivity contribution is 7.08.